The Hall–Kier alpha value is -3.93. The van der Waals surface area contributed by atoms with Crippen molar-refractivity contribution in [2.75, 3.05) is 12.4 Å². The number of hydrogen-bond acceptors (Lipinski definition) is 4. The number of aryl methyl sites for hydroxylation is 2. The molecular formula is C24H22N4O2. The van der Waals surface area contributed by atoms with Crippen molar-refractivity contribution in [3.05, 3.63) is 89.7 Å². The molecule has 0 fully saturated rings. The molecule has 0 aliphatic heterocycles. The normalized spacial score (nSPS) is 10.6. The van der Waals surface area contributed by atoms with Crippen molar-refractivity contribution < 1.29 is 9.53 Å². The quantitative estimate of drug-likeness (QED) is 0.524. The smallest absolute Gasteiger partial charge is 0.295 e. The van der Waals surface area contributed by atoms with Crippen molar-refractivity contribution in [3.8, 4) is 22.8 Å². The van der Waals surface area contributed by atoms with Crippen molar-refractivity contribution in [3.63, 3.8) is 0 Å². The van der Waals surface area contributed by atoms with Gasteiger partial charge in [0.25, 0.3) is 5.91 Å². The predicted molar refractivity (Wildman–Crippen MR) is 117 cm³/mol. The van der Waals surface area contributed by atoms with E-state index in [-0.39, 0.29) is 11.7 Å². The van der Waals surface area contributed by atoms with Gasteiger partial charge in [-0.05, 0) is 73.5 Å². The maximum Gasteiger partial charge on any atom is 0.295 e. The average Bonchev–Trinajstić information content (AvgIpc) is 3.23. The molecule has 0 saturated carbocycles. The molecule has 0 aliphatic carbocycles. The number of nitrogens with one attached hydrogen (secondary N) is 1. The monoisotopic (exact) mass is 398 g/mol. The maximum absolute atomic E-state index is 12.9. The maximum atomic E-state index is 12.9. The van der Waals surface area contributed by atoms with Gasteiger partial charge in [-0.2, -0.15) is 0 Å². The predicted octanol–water partition coefficient (Wildman–Crippen LogP) is 4.81. The number of carbonyl (C=O) groups is 1. The van der Waals surface area contributed by atoms with Crippen LogP contribution in [0.4, 0.5) is 5.69 Å². The topological polar surface area (TPSA) is 69.0 Å². The highest BCUT2D eigenvalue weighted by molar-refractivity contribution is 6.01. The number of anilines is 1. The number of rotatable bonds is 5. The lowest BCUT2D eigenvalue weighted by Gasteiger charge is -2.06. The molecule has 1 amide bonds. The zero-order valence-electron chi connectivity index (χ0n) is 17.1. The molecule has 0 radical (unpaired) electrons. The molecule has 0 spiro atoms. The fourth-order valence-electron chi connectivity index (χ4n) is 3.09. The zero-order chi connectivity index (χ0) is 21.1. The Morgan fingerprint density at radius 1 is 0.933 bits per heavy atom. The van der Waals surface area contributed by atoms with E-state index in [1.165, 1.54) is 5.56 Å². The molecule has 3 aromatic carbocycles. The molecule has 6 heteroatoms. The van der Waals surface area contributed by atoms with Crippen LogP contribution in [0.15, 0.2) is 72.8 Å². The van der Waals surface area contributed by atoms with Crippen molar-refractivity contribution in [1.82, 2.24) is 14.8 Å². The van der Waals surface area contributed by atoms with Gasteiger partial charge in [0.15, 0.2) is 5.82 Å². The van der Waals surface area contributed by atoms with Crippen molar-refractivity contribution >= 4 is 11.6 Å². The van der Waals surface area contributed by atoms with Crippen LogP contribution in [0.2, 0.25) is 0 Å². The summed E-state index contributed by atoms with van der Waals surface area (Å²) in [4.78, 5) is 17.4. The van der Waals surface area contributed by atoms with Crippen LogP contribution in [-0.4, -0.2) is 27.8 Å². The molecule has 0 saturated heterocycles. The summed E-state index contributed by atoms with van der Waals surface area (Å²) in [6.45, 7) is 4.04. The van der Waals surface area contributed by atoms with E-state index in [1.807, 2.05) is 86.6 Å². The highest BCUT2D eigenvalue weighted by atomic mass is 16.5. The number of aromatic nitrogens is 3. The fraction of sp³-hybridized carbons (Fsp3) is 0.125. The molecule has 1 N–H and O–H groups in total. The van der Waals surface area contributed by atoms with Crippen LogP contribution >= 0.6 is 0 Å². The summed E-state index contributed by atoms with van der Waals surface area (Å²) in [6.07, 6.45) is 0. The first-order chi connectivity index (χ1) is 14.5. The van der Waals surface area contributed by atoms with E-state index in [0.29, 0.717) is 11.5 Å². The largest absolute Gasteiger partial charge is 0.497 e. The van der Waals surface area contributed by atoms with Crippen LogP contribution in [0, 0.1) is 13.8 Å². The third-order valence-corrected chi connectivity index (χ3v) is 4.92. The Morgan fingerprint density at radius 2 is 1.67 bits per heavy atom. The molecule has 150 valence electrons. The number of methoxy groups -OCH3 is 1. The average molecular weight is 398 g/mol. The van der Waals surface area contributed by atoms with E-state index in [9.17, 15) is 4.79 Å². The minimum atomic E-state index is -0.359. The van der Waals surface area contributed by atoms with E-state index in [2.05, 4.69) is 15.4 Å². The SMILES string of the molecule is COc1ccc(-c2nc(C(=O)Nc3ccc(C)c(C)c3)nn2-c2ccccc2)cc1. The first-order valence-corrected chi connectivity index (χ1v) is 9.60. The molecule has 1 heterocycles. The molecule has 0 atom stereocenters. The Balaban J connectivity index is 1.72. The zero-order valence-corrected chi connectivity index (χ0v) is 17.1. The van der Waals surface area contributed by atoms with Gasteiger partial charge in [-0.3, -0.25) is 4.79 Å². The third-order valence-electron chi connectivity index (χ3n) is 4.92. The summed E-state index contributed by atoms with van der Waals surface area (Å²) in [7, 11) is 1.62. The lowest BCUT2D eigenvalue weighted by molar-refractivity contribution is 0.101. The Kier molecular flexibility index (Phi) is 5.30. The number of amides is 1. The lowest BCUT2D eigenvalue weighted by atomic mass is 10.1. The standard InChI is InChI=1S/C24H22N4O2/c1-16-9-12-19(15-17(16)2)25-24(29)22-26-23(18-10-13-21(30-3)14-11-18)28(27-22)20-7-5-4-6-8-20/h4-15H,1-3H3,(H,25,29). The molecule has 0 unspecified atom stereocenters. The van der Waals surface area contributed by atoms with Crippen LogP contribution in [0.25, 0.3) is 17.1 Å². The minimum absolute atomic E-state index is 0.0999. The molecule has 4 rings (SSSR count). The highest BCUT2D eigenvalue weighted by Crippen LogP contribution is 2.24. The van der Waals surface area contributed by atoms with Crippen molar-refractivity contribution in [2.24, 2.45) is 0 Å². The van der Waals surface area contributed by atoms with E-state index in [4.69, 9.17) is 4.74 Å². The number of hydrogen-bond donors (Lipinski definition) is 1. The molecule has 0 bridgehead atoms. The number of nitrogens with zero attached hydrogens (tertiary/aromatic N) is 3. The van der Waals surface area contributed by atoms with Gasteiger partial charge in [-0.15, -0.1) is 5.10 Å². The summed E-state index contributed by atoms with van der Waals surface area (Å²) in [5.74, 6) is 1.07. The van der Waals surface area contributed by atoms with Crippen LogP contribution in [0.3, 0.4) is 0 Å². The summed E-state index contributed by atoms with van der Waals surface area (Å²) in [6, 6.07) is 22.9. The highest BCUT2D eigenvalue weighted by Gasteiger charge is 2.19. The van der Waals surface area contributed by atoms with Gasteiger partial charge < -0.3 is 10.1 Å². The first-order valence-electron chi connectivity index (χ1n) is 9.60. The Bertz CT molecular complexity index is 1180. The second-order valence-electron chi connectivity index (χ2n) is 6.99. The van der Waals surface area contributed by atoms with Crippen LogP contribution < -0.4 is 10.1 Å². The van der Waals surface area contributed by atoms with E-state index in [0.717, 1.165) is 22.6 Å². The Labute approximate surface area is 175 Å². The van der Waals surface area contributed by atoms with E-state index >= 15 is 0 Å². The molecular weight excluding hydrogens is 376 g/mol. The van der Waals surface area contributed by atoms with Crippen LogP contribution in [0.1, 0.15) is 21.7 Å². The number of carbonyl (C=O) groups excluding carboxylic acids is 1. The third kappa shape index (κ3) is 3.93. The molecule has 0 aliphatic rings. The van der Waals surface area contributed by atoms with Gasteiger partial charge in [-0.1, -0.05) is 24.3 Å². The number of para-hydroxylation sites is 1. The number of benzene rings is 3. The van der Waals surface area contributed by atoms with Gasteiger partial charge in [0.2, 0.25) is 5.82 Å². The summed E-state index contributed by atoms with van der Waals surface area (Å²) >= 11 is 0. The molecule has 30 heavy (non-hydrogen) atoms. The second kappa shape index (κ2) is 8.21. The van der Waals surface area contributed by atoms with Crippen molar-refractivity contribution in [2.45, 2.75) is 13.8 Å². The minimum Gasteiger partial charge on any atom is -0.497 e. The van der Waals surface area contributed by atoms with Crippen LogP contribution in [-0.2, 0) is 0 Å². The second-order valence-corrected chi connectivity index (χ2v) is 6.99. The van der Waals surface area contributed by atoms with Gasteiger partial charge >= 0.3 is 0 Å². The van der Waals surface area contributed by atoms with Gasteiger partial charge in [0.05, 0.1) is 12.8 Å². The van der Waals surface area contributed by atoms with Gasteiger partial charge in [-0.25, -0.2) is 9.67 Å². The summed E-state index contributed by atoms with van der Waals surface area (Å²) in [5.41, 5.74) is 4.64. The molecule has 6 nitrogen and oxygen atoms in total. The van der Waals surface area contributed by atoms with E-state index < -0.39 is 0 Å². The lowest BCUT2D eigenvalue weighted by Crippen LogP contribution is -2.14. The fourth-order valence-corrected chi connectivity index (χ4v) is 3.09. The molecule has 1 aromatic heterocycles. The number of ether oxygens (including phenoxy) is 1. The summed E-state index contributed by atoms with van der Waals surface area (Å²) < 4.78 is 6.92. The Morgan fingerprint density at radius 3 is 2.33 bits per heavy atom. The van der Waals surface area contributed by atoms with Gasteiger partial charge in [0.1, 0.15) is 5.75 Å². The van der Waals surface area contributed by atoms with Gasteiger partial charge in [0, 0.05) is 11.3 Å². The van der Waals surface area contributed by atoms with Crippen molar-refractivity contribution in [1.29, 1.82) is 0 Å². The van der Waals surface area contributed by atoms with E-state index in [1.54, 1.807) is 11.8 Å². The summed E-state index contributed by atoms with van der Waals surface area (Å²) in [5, 5.41) is 7.39. The van der Waals surface area contributed by atoms with Crippen LogP contribution in [0.5, 0.6) is 5.75 Å². The molecule has 4 aromatic rings. The first kappa shape index (κ1) is 19.4.